The molecule has 172 valence electrons. The molecule has 1 aliphatic heterocycles. The monoisotopic (exact) mass is 447 g/mol. The van der Waals surface area contributed by atoms with Gasteiger partial charge in [0.05, 0.1) is 19.3 Å². The molecule has 6 heteroatoms. The van der Waals surface area contributed by atoms with Gasteiger partial charge in [-0.15, -0.1) is 0 Å². The number of phenols is 1. The molecule has 2 aliphatic rings. The molecular weight excluding hydrogens is 418 g/mol. The molecule has 0 aromatic heterocycles. The molecule has 2 atom stereocenters. The highest BCUT2D eigenvalue weighted by atomic mass is 16.5. The Morgan fingerprint density at radius 1 is 1.15 bits per heavy atom. The van der Waals surface area contributed by atoms with Crippen LogP contribution in [0.4, 0.5) is 0 Å². The van der Waals surface area contributed by atoms with Crippen molar-refractivity contribution >= 4 is 11.8 Å². The van der Waals surface area contributed by atoms with Gasteiger partial charge in [0.1, 0.15) is 11.5 Å². The summed E-state index contributed by atoms with van der Waals surface area (Å²) in [6, 6.07) is 14.5. The molecular formula is C27H29NO5. The number of Topliss-reactive ketones (excluding diaryl/α,β-unsaturated/α-hetero) is 1. The van der Waals surface area contributed by atoms with Crippen LogP contribution in [0, 0.1) is 0 Å². The summed E-state index contributed by atoms with van der Waals surface area (Å²) in [5.74, 6) is -0.254. The minimum absolute atomic E-state index is 0.0266. The Hall–Kier alpha value is -3.54. The zero-order valence-electron chi connectivity index (χ0n) is 19.2. The van der Waals surface area contributed by atoms with E-state index in [1.807, 2.05) is 44.2 Å². The van der Waals surface area contributed by atoms with Crippen LogP contribution in [0.25, 0.3) is 0 Å². The van der Waals surface area contributed by atoms with Crippen LogP contribution in [-0.4, -0.2) is 30.6 Å². The first-order valence-corrected chi connectivity index (χ1v) is 11.3. The van der Waals surface area contributed by atoms with Crippen LogP contribution in [0.15, 0.2) is 71.1 Å². The maximum Gasteiger partial charge on any atom is 0.336 e. The van der Waals surface area contributed by atoms with Gasteiger partial charge in [0.25, 0.3) is 0 Å². The molecule has 1 heterocycles. The predicted octanol–water partition coefficient (Wildman–Crippen LogP) is 4.72. The van der Waals surface area contributed by atoms with E-state index in [9.17, 15) is 14.7 Å². The van der Waals surface area contributed by atoms with Crippen molar-refractivity contribution < 1.29 is 24.2 Å². The molecule has 0 amide bonds. The number of hydrogen-bond donors (Lipinski definition) is 2. The van der Waals surface area contributed by atoms with E-state index in [1.54, 1.807) is 25.3 Å². The molecule has 0 bridgehead atoms. The number of allylic oxidation sites excluding steroid dienone is 3. The van der Waals surface area contributed by atoms with Gasteiger partial charge in [0.15, 0.2) is 5.78 Å². The van der Waals surface area contributed by atoms with E-state index >= 15 is 0 Å². The first-order chi connectivity index (χ1) is 15.9. The maximum absolute atomic E-state index is 13.6. The predicted molar refractivity (Wildman–Crippen MR) is 125 cm³/mol. The number of nitrogens with one attached hydrogen (secondary N) is 1. The number of aromatic hydroxyl groups is 1. The Balaban J connectivity index is 1.79. The summed E-state index contributed by atoms with van der Waals surface area (Å²) in [4.78, 5) is 26.6. The summed E-state index contributed by atoms with van der Waals surface area (Å²) in [5, 5.41) is 13.5. The molecule has 0 unspecified atom stereocenters. The van der Waals surface area contributed by atoms with Crippen LogP contribution in [0.1, 0.15) is 56.1 Å². The number of ether oxygens (including phenoxy) is 2. The molecule has 4 rings (SSSR count). The van der Waals surface area contributed by atoms with Crippen molar-refractivity contribution in [2.24, 2.45) is 0 Å². The second kappa shape index (κ2) is 9.53. The summed E-state index contributed by atoms with van der Waals surface area (Å²) in [7, 11) is 1.63. The van der Waals surface area contributed by atoms with E-state index in [4.69, 9.17) is 9.47 Å². The van der Waals surface area contributed by atoms with Crippen molar-refractivity contribution in [3.05, 3.63) is 82.2 Å². The highest BCUT2D eigenvalue weighted by molar-refractivity contribution is 6.04. The van der Waals surface area contributed by atoms with E-state index < -0.39 is 11.9 Å². The topological polar surface area (TPSA) is 84.9 Å². The highest BCUT2D eigenvalue weighted by Gasteiger charge is 2.41. The van der Waals surface area contributed by atoms with Crippen LogP contribution >= 0.6 is 0 Å². The number of benzene rings is 2. The summed E-state index contributed by atoms with van der Waals surface area (Å²) < 4.78 is 11.0. The van der Waals surface area contributed by atoms with Gasteiger partial charge >= 0.3 is 5.97 Å². The fraction of sp³-hybridized carbons (Fsp3) is 0.333. The number of carbonyl (C=O) groups is 2. The number of phenolic OH excluding ortho intramolecular Hbond substituents is 1. The highest BCUT2D eigenvalue weighted by Crippen LogP contribution is 2.47. The average molecular weight is 448 g/mol. The average Bonchev–Trinajstić information content (AvgIpc) is 2.81. The zero-order valence-corrected chi connectivity index (χ0v) is 19.2. The van der Waals surface area contributed by atoms with Gasteiger partial charge < -0.3 is 19.9 Å². The summed E-state index contributed by atoms with van der Waals surface area (Å²) in [5.41, 5.74) is 4.13. The number of hydrogen-bond acceptors (Lipinski definition) is 6. The van der Waals surface area contributed by atoms with E-state index in [-0.39, 0.29) is 17.5 Å². The minimum atomic E-state index is -0.594. The van der Waals surface area contributed by atoms with Crippen molar-refractivity contribution in [2.75, 3.05) is 13.7 Å². The zero-order chi connectivity index (χ0) is 23.5. The molecule has 2 aromatic carbocycles. The third-order valence-corrected chi connectivity index (χ3v) is 6.27. The lowest BCUT2D eigenvalue weighted by molar-refractivity contribution is -0.139. The molecule has 1 aliphatic carbocycles. The van der Waals surface area contributed by atoms with E-state index in [0.29, 0.717) is 48.3 Å². The second-order valence-corrected chi connectivity index (χ2v) is 8.49. The SMILES string of the molecule is CCCOC(=O)C1=C(C)NC2=C(C(=O)C[C@@H](c3ccccc3OC)C2)[C@@H]1c1cccc(O)c1. The van der Waals surface area contributed by atoms with Crippen LogP contribution in [0.5, 0.6) is 11.5 Å². The lowest BCUT2D eigenvalue weighted by Gasteiger charge is -2.37. The molecule has 0 saturated carbocycles. The van der Waals surface area contributed by atoms with Crippen molar-refractivity contribution in [3.63, 3.8) is 0 Å². The lowest BCUT2D eigenvalue weighted by Crippen LogP contribution is -2.36. The van der Waals surface area contributed by atoms with E-state index in [2.05, 4.69) is 5.32 Å². The number of para-hydroxylation sites is 1. The van der Waals surface area contributed by atoms with Crippen molar-refractivity contribution in [3.8, 4) is 11.5 Å². The minimum Gasteiger partial charge on any atom is -0.508 e. The van der Waals surface area contributed by atoms with Crippen LogP contribution < -0.4 is 10.1 Å². The quantitative estimate of drug-likeness (QED) is 0.624. The number of esters is 1. The van der Waals surface area contributed by atoms with Gasteiger partial charge in [-0.25, -0.2) is 4.79 Å². The van der Waals surface area contributed by atoms with Crippen molar-refractivity contribution in [2.45, 2.75) is 44.9 Å². The van der Waals surface area contributed by atoms with E-state index in [1.165, 1.54) is 0 Å². The first kappa shape index (κ1) is 22.6. The standard InChI is InChI=1S/C27H29NO5/c1-4-12-33-27(31)24-16(2)28-21-14-18(20-10-5-6-11-23(20)32-3)15-22(30)26(21)25(24)17-8-7-9-19(29)13-17/h5-11,13,18,25,28-29H,4,12,14-15H2,1-3H3/t18-,25+/m0/s1. The third-order valence-electron chi connectivity index (χ3n) is 6.27. The number of ketones is 1. The first-order valence-electron chi connectivity index (χ1n) is 11.3. The third kappa shape index (κ3) is 4.38. The van der Waals surface area contributed by atoms with E-state index in [0.717, 1.165) is 17.0 Å². The smallest absolute Gasteiger partial charge is 0.336 e. The summed E-state index contributed by atoms with van der Waals surface area (Å²) in [6.45, 7) is 4.07. The van der Waals surface area contributed by atoms with Gasteiger partial charge in [-0.1, -0.05) is 37.3 Å². The van der Waals surface area contributed by atoms with Crippen LogP contribution in [0.2, 0.25) is 0 Å². The molecule has 2 aromatic rings. The fourth-order valence-electron chi connectivity index (χ4n) is 4.84. The second-order valence-electron chi connectivity index (χ2n) is 8.49. The number of carbonyl (C=O) groups excluding carboxylic acids is 2. The van der Waals surface area contributed by atoms with Gasteiger partial charge in [0, 0.05) is 35.2 Å². The van der Waals surface area contributed by atoms with Crippen molar-refractivity contribution in [1.29, 1.82) is 0 Å². The Morgan fingerprint density at radius 3 is 2.67 bits per heavy atom. The van der Waals surface area contributed by atoms with Crippen LogP contribution in [0.3, 0.4) is 0 Å². The fourth-order valence-corrected chi connectivity index (χ4v) is 4.84. The number of methoxy groups -OCH3 is 1. The van der Waals surface area contributed by atoms with Gasteiger partial charge in [-0.05, 0) is 49.1 Å². The summed E-state index contributed by atoms with van der Waals surface area (Å²) in [6.07, 6.45) is 1.63. The Bertz CT molecular complexity index is 1150. The molecule has 2 N–H and O–H groups in total. The normalized spacial score (nSPS) is 20.3. The molecule has 0 saturated heterocycles. The van der Waals surface area contributed by atoms with Gasteiger partial charge in [-0.2, -0.15) is 0 Å². The Kier molecular flexibility index (Phi) is 6.54. The number of rotatable bonds is 6. The van der Waals surface area contributed by atoms with Crippen LogP contribution in [-0.2, 0) is 14.3 Å². The van der Waals surface area contributed by atoms with Crippen molar-refractivity contribution in [1.82, 2.24) is 5.32 Å². The lowest BCUT2D eigenvalue weighted by atomic mass is 9.71. The largest absolute Gasteiger partial charge is 0.508 e. The molecule has 33 heavy (non-hydrogen) atoms. The molecule has 6 nitrogen and oxygen atoms in total. The molecule has 0 radical (unpaired) electrons. The molecule has 0 fully saturated rings. The van der Waals surface area contributed by atoms with Gasteiger partial charge in [0.2, 0.25) is 0 Å². The Labute approximate surface area is 193 Å². The molecule has 0 spiro atoms. The number of dihydropyridines is 1. The van der Waals surface area contributed by atoms with Gasteiger partial charge in [-0.3, -0.25) is 4.79 Å². The summed E-state index contributed by atoms with van der Waals surface area (Å²) >= 11 is 0. The maximum atomic E-state index is 13.6. The Morgan fingerprint density at radius 2 is 1.94 bits per heavy atom.